The summed E-state index contributed by atoms with van der Waals surface area (Å²) in [5, 5.41) is 2.77. The smallest absolute Gasteiger partial charge is 0.356 e. The van der Waals surface area contributed by atoms with Gasteiger partial charge in [-0.25, -0.2) is 14.3 Å². The molecule has 2 fully saturated rings. The van der Waals surface area contributed by atoms with Crippen molar-refractivity contribution >= 4 is 11.6 Å². The quantitative estimate of drug-likeness (QED) is 0.883. The summed E-state index contributed by atoms with van der Waals surface area (Å²) < 4.78 is 6.28. The number of carbonyl (C=O) groups is 1. The van der Waals surface area contributed by atoms with Crippen molar-refractivity contribution in [3.8, 4) is 0 Å². The van der Waals surface area contributed by atoms with Crippen LogP contribution in [0.2, 0.25) is 0 Å². The highest BCUT2D eigenvalue weighted by atomic mass is 16.5. The molecule has 0 saturated heterocycles. The number of carbonyl (C=O) groups excluding carboxylic acids is 1. The molecule has 2 aromatic heterocycles. The van der Waals surface area contributed by atoms with E-state index < -0.39 is 5.97 Å². The summed E-state index contributed by atoms with van der Waals surface area (Å²) in [6.07, 6.45) is 7.54. The lowest BCUT2D eigenvalue weighted by Gasteiger charge is -2.22. The van der Waals surface area contributed by atoms with Crippen molar-refractivity contribution in [2.24, 2.45) is 5.41 Å². The molecule has 1 spiro atoms. The van der Waals surface area contributed by atoms with E-state index in [0.717, 1.165) is 12.1 Å². The maximum absolute atomic E-state index is 12.3. The van der Waals surface area contributed by atoms with Crippen LogP contribution in [0.1, 0.15) is 67.5 Å². The van der Waals surface area contributed by atoms with E-state index in [2.05, 4.69) is 10.1 Å². The van der Waals surface area contributed by atoms with Gasteiger partial charge in [0.05, 0.1) is 12.3 Å². The number of aromatic nitrogens is 3. The monoisotopic (exact) mass is 315 g/mol. The molecule has 2 heterocycles. The summed E-state index contributed by atoms with van der Waals surface area (Å²) in [6.45, 7) is 2.05. The van der Waals surface area contributed by atoms with E-state index in [1.165, 1.54) is 36.6 Å². The molecule has 23 heavy (non-hydrogen) atoms. The molecule has 0 aliphatic heterocycles. The van der Waals surface area contributed by atoms with Gasteiger partial charge in [0.2, 0.25) is 0 Å². The van der Waals surface area contributed by atoms with Gasteiger partial charge in [-0.05, 0) is 31.6 Å². The highest BCUT2D eigenvalue weighted by Crippen LogP contribution is 2.66. The molecule has 0 aromatic carbocycles. The number of aromatic amines is 1. The average Bonchev–Trinajstić information content (AvgIpc) is 3.05. The van der Waals surface area contributed by atoms with Crippen molar-refractivity contribution in [2.75, 3.05) is 6.61 Å². The second-order valence-corrected chi connectivity index (χ2v) is 6.78. The Morgan fingerprint density at radius 3 is 2.91 bits per heavy atom. The summed E-state index contributed by atoms with van der Waals surface area (Å²) >= 11 is 0. The fourth-order valence-electron chi connectivity index (χ4n) is 4.08. The van der Waals surface area contributed by atoms with Crippen LogP contribution in [0.25, 0.3) is 5.65 Å². The normalized spacial score (nSPS) is 22.4. The molecule has 2 aromatic rings. The minimum Gasteiger partial charge on any atom is -0.461 e. The molecular weight excluding hydrogens is 294 g/mol. The molecule has 0 bridgehead atoms. The molecule has 0 radical (unpaired) electrons. The SMILES string of the molecule is CCOC(=O)c1cc2nc(C3CC34CCCCC4)cc(=O)n2[nH]1. The van der Waals surface area contributed by atoms with Crippen LogP contribution in [0.4, 0.5) is 0 Å². The first-order valence-electron chi connectivity index (χ1n) is 8.43. The van der Waals surface area contributed by atoms with E-state index in [-0.39, 0.29) is 11.3 Å². The third-order valence-corrected chi connectivity index (χ3v) is 5.36. The lowest BCUT2D eigenvalue weighted by atomic mass is 9.84. The van der Waals surface area contributed by atoms with Crippen molar-refractivity contribution in [1.29, 1.82) is 0 Å². The standard InChI is InChI=1S/C17H21N3O3/c1-2-23-16(22)13-8-14-18-12(9-15(21)20(14)19-13)11-10-17(11)6-4-3-5-7-17/h8-9,11,19H,2-7,10H2,1H3. The topological polar surface area (TPSA) is 76.5 Å². The predicted octanol–water partition coefficient (Wildman–Crippen LogP) is 2.64. The molecule has 2 aliphatic carbocycles. The Kier molecular flexibility index (Phi) is 3.28. The van der Waals surface area contributed by atoms with E-state index in [9.17, 15) is 9.59 Å². The summed E-state index contributed by atoms with van der Waals surface area (Å²) in [5.41, 5.74) is 1.85. The largest absolute Gasteiger partial charge is 0.461 e. The number of fused-ring (bicyclic) bond motifs is 1. The third kappa shape index (κ3) is 2.36. The van der Waals surface area contributed by atoms with Crippen LogP contribution < -0.4 is 5.56 Å². The molecule has 122 valence electrons. The third-order valence-electron chi connectivity index (χ3n) is 5.36. The minimum atomic E-state index is -0.464. The molecule has 0 amide bonds. The molecule has 6 heteroatoms. The van der Waals surface area contributed by atoms with Gasteiger partial charge in [-0.15, -0.1) is 0 Å². The van der Waals surface area contributed by atoms with Crippen molar-refractivity contribution in [1.82, 2.24) is 14.6 Å². The molecular formula is C17H21N3O3. The van der Waals surface area contributed by atoms with Crippen molar-refractivity contribution in [2.45, 2.75) is 51.4 Å². The highest BCUT2D eigenvalue weighted by molar-refractivity contribution is 5.88. The van der Waals surface area contributed by atoms with Gasteiger partial charge in [-0.1, -0.05) is 19.3 Å². The van der Waals surface area contributed by atoms with Crippen LogP contribution in [-0.2, 0) is 4.74 Å². The maximum Gasteiger partial charge on any atom is 0.356 e. The Morgan fingerprint density at radius 1 is 1.39 bits per heavy atom. The Balaban J connectivity index is 1.68. The minimum absolute atomic E-state index is 0.168. The number of nitrogens with zero attached hydrogens (tertiary/aromatic N) is 2. The van der Waals surface area contributed by atoms with Crippen LogP contribution in [-0.4, -0.2) is 27.2 Å². The maximum atomic E-state index is 12.3. The van der Waals surface area contributed by atoms with Crippen molar-refractivity contribution in [3.05, 3.63) is 33.9 Å². The van der Waals surface area contributed by atoms with Crippen LogP contribution >= 0.6 is 0 Å². The fraction of sp³-hybridized carbons (Fsp3) is 0.588. The van der Waals surface area contributed by atoms with Gasteiger partial charge in [0.25, 0.3) is 5.56 Å². The van der Waals surface area contributed by atoms with Gasteiger partial charge < -0.3 is 4.74 Å². The number of nitrogens with one attached hydrogen (secondary N) is 1. The van der Waals surface area contributed by atoms with E-state index in [1.54, 1.807) is 19.1 Å². The van der Waals surface area contributed by atoms with Crippen molar-refractivity contribution in [3.63, 3.8) is 0 Å². The molecule has 1 atom stereocenters. The molecule has 1 unspecified atom stereocenters. The number of H-pyrrole nitrogens is 1. The predicted molar refractivity (Wildman–Crippen MR) is 84.6 cm³/mol. The number of hydrogen-bond acceptors (Lipinski definition) is 4. The summed E-state index contributed by atoms with van der Waals surface area (Å²) in [5.74, 6) is -0.0597. The molecule has 1 N–H and O–H groups in total. The fourth-order valence-corrected chi connectivity index (χ4v) is 4.08. The lowest BCUT2D eigenvalue weighted by Crippen LogP contribution is -2.17. The number of esters is 1. The van der Waals surface area contributed by atoms with Crippen LogP contribution in [0.15, 0.2) is 16.9 Å². The zero-order valence-corrected chi connectivity index (χ0v) is 13.3. The highest BCUT2D eigenvalue weighted by Gasteiger charge is 2.55. The number of ether oxygens (including phenoxy) is 1. The zero-order valence-electron chi connectivity index (χ0n) is 13.3. The second-order valence-electron chi connectivity index (χ2n) is 6.78. The molecule has 2 aliphatic rings. The van der Waals surface area contributed by atoms with Gasteiger partial charge in [0.15, 0.2) is 5.65 Å². The van der Waals surface area contributed by atoms with Gasteiger partial charge in [-0.2, -0.15) is 0 Å². The number of hydrogen-bond donors (Lipinski definition) is 1. The van der Waals surface area contributed by atoms with Crippen LogP contribution in [0.5, 0.6) is 0 Å². The molecule has 6 nitrogen and oxygen atoms in total. The Bertz CT molecular complexity index is 814. The average molecular weight is 315 g/mol. The van der Waals surface area contributed by atoms with Gasteiger partial charge >= 0.3 is 5.97 Å². The first-order chi connectivity index (χ1) is 11.1. The van der Waals surface area contributed by atoms with Gasteiger partial charge in [0, 0.05) is 18.1 Å². The molecule has 2 saturated carbocycles. The van der Waals surface area contributed by atoms with Crippen molar-refractivity contribution < 1.29 is 9.53 Å². The summed E-state index contributed by atoms with van der Waals surface area (Å²) in [4.78, 5) is 28.8. The van der Waals surface area contributed by atoms with E-state index >= 15 is 0 Å². The first kappa shape index (κ1) is 14.5. The summed E-state index contributed by atoms with van der Waals surface area (Å²) in [7, 11) is 0. The van der Waals surface area contributed by atoms with E-state index in [0.29, 0.717) is 23.6 Å². The summed E-state index contributed by atoms with van der Waals surface area (Å²) in [6, 6.07) is 3.21. The van der Waals surface area contributed by atoms with Crippen LogP contribution in [0.3, 0.4) is 0 Å². The van der Waals surface area contributed by atoms with Crippen LogP contribution in [0, 0.1) is 5.41 Å². The first-order valence-corrected chi connectivity index (χ1v) is 8.43. The lowest BCUT2D eigenvalue weighted by molar-refractivity contribution is 0.0519. The van der Waals surface area contributed by atoms with Gasteiger partial charge in [0.1, 0.15) is 5.69 Å². The number of rotatable bonds is 3. The van der Waals surface area contributed by atoms with Gasteiger partial charge in [-0.3, -0.25) is 9.89 Å². The Morgan fingerprint density at radius 2 is 2.17 bits per heavy atom. The zero-order chi connectivity index (χ0) is 16.0. The molecule has 4 rings (SSSR count). The van der Waals surface area contributed by atoms with E-state index in [1.807, 2.05) is 0 Å². The Labute approximate surface area is 133 Å². The Hall–Kier alpha value is -2.11. The van der Waals surface area contributed by atoms with E-state index in [4.69, 9.17) is 4.74 Å². The second kappa shape index (κ2) is 5.22.